The SMILES string of the molecule is O=[N+]([O-])c1cnccc1N1CC(CO)C1. The van der Waals surface area contributed by atoms with Crippen LogP contribution in [0, 0.1) is 16.0 Å². The molecule has 0 atom stereocenters. The first-order chi connectivity index (χ1) is 7.22. The van der Waals surface area contributed by atoms with Crippen LogP contribution in [0.15, 0.2) is 18.5 Å². The molecule has 0 unspecified atom stereocenters. The van der Waals surface area contributed by atoms with Gasteiger partial charge in [0.2, 0.25) is 0 Å². The van der Waals surface area contributed by atoms with Crippen LogP contribution < -0.4 is 4.90 Å². The third-order valence-corrected chi connectivity index (χ3v) is 2.53. The second kappa shape index (κ2) is 3.82. The molecular weight excluding hydrogens is 198 g/mol. The maximum atomic E-state index is 10.7. The van der Waals surface area contributed by atoms with E-state index in [2.05, 4.69) is 4.98 Å². The van der Waals surface area contributed by atoms with Crippen LogP contribution in [0.3, 0.4) is 0 Å². The first-order valence-electron chi connectivity index (χ1n) is 4.66. The van der Waals surface area contributed by atoms with Gasteiger partial charge in [-0.05, 0) is 6.07 Å². The van der Waals surface area contributed by atoms with Gasteiger partial charge in [0, 0.05) is 31.8 Å². The third-order valence-electron chi connectivity index (χ3n) is 2.53. The molecule has 1 saturated heterocycles. The van der Waals surface area contributed by atoms with E-state index in [1.165, 1.54) is 12.4 Å². The number of anilines is 1. The largest absolute Gasteiger partial charge is 0.396 e. The monoisotopic (exact) mass is 209 g/mol. The quantitative estimate of drug-likeness (QED) is 0.576. The van der Waals surface area contributed by atoms with E-state index < -0.39 is 4.92 Å². The van der Waals surface area contributed by atoms with Gasteiger partial charge in [0.15, 0.2) is 0 Å². The second-order valence-corrected chi connectivity index (χ2v) is 3.58. The van der Waals surface area contributed by atoms with Crippen LogP contribution in [0.25, 0.3) is 0 Å². The lowest BCUT2D eigenvalue weighted by molar-refractivity contribution is -0.384. The van der Waals surface area contributed by atoms with Crippen molar-refractivity contribution >= 4 is 11.4 Å². The van der Waals surface area contributed by atoms with Crippen molar-refractivity contribution in [1.29, 1.82) is 0 Å². The molecule has 2 heterocycles. The average Bonchev–Trinajstić information content (AvgIpc) is 2.16. The highest BCUT2D eigenvalue weighted by Crippen LogP contribution is 2.31. The molecule has 1 aromatic rings. The van der Waals surface area contributed by atoms with Crippen LogP contribution in [-0.4, -0.2) is 34.7 Å². The Morgan fingerprint density at radius 3 is 3.00 bits per heavy atom. The molecule has 1 aromatic heterocycles. The highest BCUT2D eigenvalue weighted by molar-refractivity contribution is 5.63. The van der Waals surface area contributed by atoms with Crippen molar-refractivity contribution in [2.75, 3.05) is 24.6 Å². The number of aromatic nitrogens is 1. The molecule has 1 aliphatic heterocycles. The zero-order valence-electron chi connectivity index (χ0n) is 8.04. The Hall–Kier alpha value is -1.69. The van der Waals surface area contributed by atoms with Gasteiger partial charge in [0.1, 0.15) is 11.9 Å². The standard InChI is InChI=1S/C9H11N3O3/c13-6-7-4-11(5-7)8-1-2-10-3-9(8)12(14)15/h1-3,7,13H,4-6H2. The fourth-order valence-corrected chi connectivity index (χ4v) is 1.67. The molecule has 0 aliphatic carbocycles. The van der Waals surface area contributed by atoms with Crippen LogP contribution in [-0.2, 0) is 0 Å². The first-order valence-corrected chi connectivity index (χ1v) is 4.66. The lowest BCUT2D eigenvalue weighted by Gasteiger charge is -2.39. The van der Waals surface area contributed by atoms with Gasteiger partial charge in [-0.3, -0.25) is 15.1 Å². The fourth-order valence-electron chi connectivity index (χ4n) is 1.67. The summed E-state index contributed by atoms with van der Waals surface area (Å²) < 4.78 is 0. The van der Waals surface area contributed by atoms with Gasteiger partial charge in [0.25, 0.3) is 0 Å². The maximum absolute atomic E-state index is 10.7. The van der Waals surface area contributed by atoms with Gasteiger partial charge < -0.3 is 10.0 Å². The van der Waals surface area contributed by atoms with E-state index in [1.54, 1.807) is 6.07 Å². The smallest absolute Gasteiger partial charge is 0.310 e. The van der Waals surface area contributed by atoms with Crippen molar-refractivity contribution < 1.29 is 10.0 Å². The molecule has 0 saturated carbocycles. The van der Waals surface area contributed by atoms with Crippen molar-refractivity contribution in [3.8, 4) is 0 Å². The Morgan fingerprint density at radius 1 is 1.67 bits per heavy atom. The third kappa shape index (κ3) is 1.75. The summed E-state index contributed by atoms with van der Waals surface area (Å²) in [6.07, 6.45) is 2.79. The number of rotatable bonds is 3. The van der Waals surface area contributed by atoms with Crippen molar-refractivity contribution in [1.82, 2.24) is 4.98 Å². The predicted octanol–water partition coefficient (Wildman–Crippen LogP) is 0.418. The van der Waals surface area contributed by atoms with Crippen LogP contribution in [0.4, 0.5) is 11.4 Å². The highest BCUT2D eigenvalue weighted by Gasteiger charge is 2.30. The Bertz CT molecular complexity index is 377. The molecule has 0 bridgehead atoms. The molecule has 1 fully saturated rings. The van der Waals surface area contributed by atoms with Crippen LogP contribution in [0.1, 0.15) is 0 Å². The number of pyridine rings is 1. The summed E-state index contributed by atoms with van der Waals surface area (Å²) in [4.78, 5) is 15.9. The Balaban J connectivity index is 2.18. The highest BCUT2D eigenvalue weighted by atomic mass is 16.6. The molecular formula is C9H11N3O3. The molecule has 6 heteroatoms. The maximum Gasteiger partial charge on any atom is 0.310 e. The molecule has 6 nitrogen and oxygen atoms in total. The topological polar surface area (TPSA) is 79.5 Å². The van der Waals surface area contributed by atoms with Crippen molar-refractivity contribution in [3.63, 3.8) is 0 Å². The minimum Gasteiger partial charge on any atom is -0.396 e. The lowest BCUT2D eigenvalue weighted by atomic mass is 10.0. The minimum absolute atomic E-state index is 0.0221. The van der Waals surface area contributed by atoms with E-state index in [0.29, 0.717) is 18.8 Å². The van der Waals surface area contributed by atoms with Crippen molar-refractivity contribution in [2.24, 2.45) is 5.92 Å². The number of nitro groups is 1. The molecule has 2 rings (SSSR count). The van der Waals surface area contributed by atoms with E-state index >= 15 is 0 Å². The van der Waals surface area contributed by atoms with Crippen LogP contribution >= 0.6 is 0 Å². The number of aliphatic hydroxyl groups is 1. The van der Waals surface area contributed by atoms with E-state index in [9.17, 15) is 10.1 Å². The summed E-state index contributed by atoms with van der Waals surface area (Å²) in [5, 5.41) is 19.6. The van der Waals surface area contributed by atoms with Gasteiger partial charge in [-0.2, -0.15) is 0 Å². The van der Waals surface area contributed by atoms with E-state index in [4.69, 9.17) is 5.11 Å². The molecule has 0 radical (unpaired) electrons. The second-order valence-electron chi connectivity index (χ2n) is 3.58. The average molecular weight is 209 g/mol. The zero-order chi connectivity index (χ0) is 10.8. The summed E-state index contributed by atoms with van der Waals surface area (Å²) in [5.41, 5.74) is 0.605. The van der Waals surface area contributed by atoms with E-state index in [0.717, 1.165) is 0 Å². The minimum atomic E-state index is -0.436. The summed E-state index contributed by atoms with van der Waals surface area (Å²) in [6, 6.07) is 1.63. The summed E-state index contributed by atoms with van der Waals surface area (Å²) in [5.74, 6) is 0.234. The molecule has 15 heavy (non-hydrogen) atoms. The Kier molecular flexibility index (Phi) is 2.51. The number of aliphatic hydroxyl groups excluding tert-OH is 1. The first kappa shape index (κ1) is 9.85. The fraction of sp³-hybridized carbons (Fsp3) is 0.444. The Labute approximate surface area is 86.3 Å². The lowest BCUT2D eigenvalue weighted by Crippen LogP contribution is -2.48. The summed E-state index contributed by atoms with van der Waals surface area (Å²) in [7, 11) is 0. The molecule has 0 spiro atoms. The predicted molar refractivity (Wildman–Crippen MR) is 53.7 cm³/mol. The Morgan fingerprint density at radius 2 is 2.40 bits per heavy atom. The van der Waals surface area contributed by atoms with Gasteiger partial charge in [0.05, 0.1) is 4.92 Å². The number of nitrogens with zero attached hydrogens (tertiary/aromatic N) is 3. The van der Waals surface area contributed by atoms with Gasteiger partial charge in [-0.25, -0.2) is 0 Å². The molecule has 0 aromatic carbocycles. The molecule has 1 N–H and O–H groups in total. The molecule has 0 amide bonds. The van der Waals surface area contributed by atoms with Gasteiger partial charge in [-0.1, -0.05) is 0 Å². The molecule has 80 valence electrons. The van der Waals surface area contributed by atoms with Crippen LogP contribution in [0.5, 0.6) is 0 Å². The zero-order valence-corrected chi connectivity index (χ0v) is 8.04. The van der Waals surface area contributed by atoms with Crippen LogP contribution in [0.2, 0.25) is 0 Å². The van der Waals surface area contributed by atoms with Crippen molar-refractivity contribution in [3.05, 3.63) is 28.6 Å². The number of hydrogen-bond acceptors (Lipinski definition) is 5. The van der Waals surface area contributed by atoms with Crippen molar-refractivity contribution in [2.45, 2.75) is 0 Å². The van der Waals surface area contributed by atoms with E-state index in [1.807, 2.05) is 4.90 Å². The summed E-state index contributed by atoms with van der Waals surface area (Å²) in [6.45, 7) is 1.47. The van der Waals surface area contributed by atoms with E-state index in [-0.39, 0.29) is 18.2 Å². The summed E-state index contributed by atoms with van der Waals surface area (Å²) >= 11 is 0. The van der Waals surface area contributed by atoms with Gasteiger partial charge >= 0.3 is 5.69 Å². The molecule has 1 aliphatic rings. The normalized spacial score (nSPS) is 16.2. The van der Waals surface area contributed by atoms with Gasteiger partial charge in [-0.15, -0.1) is 0 Å². The number of hydrogen-bond donors (Lipinski definition) is 1.